The van der Waals surface area contributed by atoms with Gasteiger partial charge < -0.3 is 4.74 Å². The van der Waals surface area contributed by atoms with Crippen LogP contribution >= 0.6 is 23.2 Å². The Morgan fingerprint density at radius 2 is 2.40 bits per heavy atom. The minimum atomic E-state index is -0.911. The molecule has 0 N–H and O–H groups in total. The molecule has 1 aliphatic carbocycles. The third kappa shape index (κ3) is 2.61. The minimum absolute atomic E-state index is 0.215. The Bertz CT molecular complexity index is 367. The van der Waals surface area contributed by atoms with Crippen molar-refractivity contribution < 1.29 is 9.53 Å². The molecule has 0 aliphatic heterocycles. The first kappa shape index (κ1) is 10.7. The highest BCUT2D eigenvalue weighted by Gasteiger charge is 2.57. The molecule has 0 aromatic carbocycles. The van der Waals surface area contributed by atoms with Gasteiger partial charge in [-0.05, 0) is 12.5 Å². The van der Waals surface area contributed by atoms with Crippen molar-refractivity contribution in [1.29, 1.82) is 0 Å². The smallest absolute Gasteiger partial charge is 0.312 e. The van der Waals surface area contributed by atoms with E-state index in [0.717, 1.165) is 5.56 Å². The molecule has 1 heterocycles. The predicted molar refractivity (Wildman–Crippen MR) is 56.6 cm³/mol. The largest absolute Gasteiger partial charge is 0.460 e. The van der Waals surface area contributed by atoms with E-state index in [1.165, 1.54) is 0 Å². The van der Waals surface area contributed by atoms with E-state index in [2.05, 4.69) is 4.98 Å². The van der Waals surface area contributed by atoms with Gasteiger partial charge in [0.25, 0.3) is 0 Å². The Balaban J connectivity index is 1.82. The average Bonchev–Trinajstić information content (AvgIpc) is 2.86. The molecular formula is C10H9Cl2NO2. The molecule has 0 spiro atoms. The highest BCUT2D eigenvalue weighted by Crippen LogP contribution is 2.53. The van der Waals surface area contributed by atoms with Gasteiger partial charge >= 0.3 is 5.97 Å². The van der Waals surface area contributed by atoms with Crippen molar-refractivity contribution >= 4 is 29.2 Å². The summed E-state index contributed by atoms with van der Waals surface area (Å²) in [7, 11) is 0. The average molecular weight is 246 g/mol. The van der Waals surface area contributed by atoms with Crippen molar-refractivity contribution in [3.05, 3.63) is 30.1 Å². The summed E-state index contributed by atoms with van der Waals surface area (Å²) in [4.78, 5) is 15.3. The molecule has 1 unspecified atom stereocenters. The second-order valence-corrected chi connectivity index (χ2v) is 5.03. The molecule has 1 aromatic rings. The van der Waals surface area contributed by atoms with Crippen molar-refractivity contribution in [2.45, 2.75) is 17.4 Å². The molecule has 3 nitrogen and oxygen atoms in total. The van der Waals surface area contributed by atoms with Crippen LogP contribution in [0.4, 0.5) is 0 Å². The number of pyridine rings is 1. The fourth-order valence-corrected chi connectivity index (χ4v) is 1.69. The van der Waals surface area contributed by atoms with Crippen LogP contribution in [0.5, 0.6) is 0 Å². The number of alkyl halides is 2. The minimum Gasteiger partial charge on any atom is -0.460 e. The first-order valence-electron chi connectivity index (χ1n) is 4.53. The van der Waals surface area contributed by atoms with E-state index in [4.69, 9.17) is 27.9 Å². The summed E-state index contributed by atoms with van der Waals surface area (Å²) < 4.78 is 4.13. The number of carbonyl (C=O) groups excluding carboxylic acids is 1. The Morgan fingerprint density at radius 1 is 1.67 bits per heavy atom. The number of hydrogen-bond acceptors (Lipinski definition) is 3. The fraction of sp³-hybridized carbons (Fsp3) is 0.400. The molecule has 1 saturated carbocycles. The van der Waals surface area contributed by atoms with Crippen molar-refractivity contribution in [1.82, 2.24) is 4.98 Å². The molecule has 1 atom stereocenters. The van der Waals surface area contributed by atoms with Crippen LogP contribution in [-0.2, 0) is 16.1 Å². The van der Waals surface area contributed by atoms with Gasteiger partial charge in [-0.15, -0.1) is 23.2 Å². The Morgan fingerprint density at radius 3 is 2.93 bits per heavy atom. The van der Waals surface area contributed by atoms with Crippen LogP contribution in [-0.4, -0.2) is 15.3 Å². The van der Waals surface area contributed by atoms with Gasteiger partial charge in [-0.1, -0.05) is 6.07 Å². The SMILES string of the molecule is O=C(OCc1cccnc1)C1CC1(Cl)Cl. The monoisotopic (exact) mass is 245 g/mol. The number of ether oxygens (including phenoxy) is 1. The van der Waals surface area contributed by atoms with Crippen LogP contribution in [0.3, 0.4) is 0 Å². The summed E-state index contributed by atoms with van der Waals surface area (Å²) in [5, 5.41) is 0. The van der Waals surface area contributed by atoms with Gasteiger partial charge in [0.1, 0.15) is 10.9 Å². The van der Waals surface area contributed by atoms with Gasteiger partial charge in [-0.25, -0.2) is 0 Å². The lowest BCUT2D eigenvalue weighted by atomic mass is 10.3. The molecule has 1 fully saturated rings. The maximum Gasteiger partial charge on any atom is 0.312 e. The first-order valence-corrected chi connectivity index (χ1v) is 5.28. The van der Waals surface area contributed by atoms with E-state index in [-0.39, 0.29) is 18.5 Å². The lowest BCUT2D eigenvalue weighted by Gasteiger charge is -2.03. The van der Waals surface area contributed by atoms with E-state index >= 15 is 0 Å². The van der Waals surface area contributed by atoms with Gasteiger partial charge in [0.05, 0.1) is 5.92 Å². The number of carbonyl (C=O) groups is 1. The maximum atomic E-state index is 11.4. The first-order chi connectivity index (χ1) is 7.09. The normalized spacial score (nSPS) is 22.1. The Labute approximate surface area is 97.4 Å². The van der Waals surface area contributed by atoms with Gasteiger partial charge in [0.2, 0.25) is 0 Å². The summed E-state index contributed by atoms with van der Waals surface area (Å²) in [5.41, 5.74) is 0.848. The lowest BCUT2D eigenvalue weighted by molar-refractivity contribution is -0.146. The van der Waals surface area contributed by atoms with Gasteiger partial charge in [0.15, 0.2) is 0 Å². The number of aromatic nitrogens is 1. The molecule has 1 aliphatic rings. The molecule has 5 heteroatoms. The van der Waals surface area contributed by atoms with Crippen LogP contribution in [0.15, 0.2) is 24.5 Å². The van der Waals surface area contributed by atoms with Crippen LogP contribution in [0.2, 0.25) is 0 Å². The molecule has 2 rings (SSSR count). The molecule has 0 saturated heterocycles. The second kappa shape index (κ2) is 3.99. The number of halogens is 2. The van der Waals surface area contributed by atoms with Gasteiger partial charge in [-0.2, -0.15) is 0 Å². The number of esters is 1. The topological polar surface area (TPSA) is 39.2 Å². The van der Waals surface area contributed by atoms with E-state index < -0.39 is 4.33 Å². The summed E-state index contributed by atoms with van der Waals surface area (Å²) >= 11 is 11.5. The van der Waals surface area contributed by atoms with Gasteiger partial charge in [0, 0.05) is 18.0 Å². The zero-order valence-corrected chi connectivity index (χ0v) is 9.33. The molecule has 0 radical (unpaired) electrons. The van der Waals surface area contributed by atoms with E-state index in [9.17, 15) is 4.79 Å². The van der Waals surface area contributed by atoms with Crippen molar-refractivity contribution in [2.24, 2.45) is 5.92 Å². The van der Waals surface area contributed by atoms with Crippen LogP contribution < -0.4 is 0 Å². The molecule has 80 valence electrons. The lowest BCUT2D eigenvalue weighted by Crippen LogP contribution is -2.10. The molecule has 0 bridgehead atoms. The Hall–Kier alpha value is -0.800. The van der Waals surface area contributed by atoms with Gasteiger partial charge in [-0.3, -0.25) is 9.78 Å². The third-order valence-corrected chi connectivity index (χ3v) is 3.05. The molecular weight excluding hydrogens is 237 g/mol. The number of rotatable bonds is 3. The highest BCUT2D eigenvalue weighted by atomic mass is 35.5. The van der Waals surface area contributed by atoms with Crippen molar-refractivity contribution in [3.8, 4) is 0 Å². The highest BCUT2D eigenvalue weighted by molar-refractivity contribution is 6.52. The zero-order chi connectivity index (χ0) is 10.9. The van der Waals surface area contributed by atoms with Crippen molar-refractivity contribution in [3.63, 3.8) is 0 Å². The fourth-order valence-electron chi connectivity index (χ4n) is 1.21. The number of hydrogen-bond donors (Lipinski definition) is 0. The molecule has 15 heavy (non-hydrogen) atoms. The van der Waals surface area contributed by atoms with Crippen LogP contribution in [0.1, 0.15) is 12.0 Å². The quantitative estimate of drug-likeness (QED) is 0.606. The summed E-state index contributed by atoms with van der Waals surface area (Å²) in [6.45, 7) is 0.215. The molecule has 1 aromatic heterocycles. The van der Waals surface area contributed by atoms with Crippen LogP contribution in [0.25, 0.3) is 0 Å². The van der Waals surface area contributed by atoms with Crippen LogP contribution in [0, 0.1) is 5.92 Å². The van der Waals surface area contributed by atoms with E-state index in [1.807, 2.05) is 6.07 Å². The predicted octanol–water partition coefficient (Wildman–Crippen LogP) is 2.32. The maximum absolute atomic E-state index is 11.4. The van der Waals surface area contributed by atoms with E-state index in [1.54, 1.807) is 18.5 Å². The Kier molecular flexibility index (Phi) is 2.85. The summed E-state index contributed by atoms with van der Waals surface area (Å²) in [5.74, 6) is -0.721. The number of nitrogens with zero attached hydrogens (tertiary/aromatic N) is 1. The third-order valence-electron chi connectivity index (χ3n) is 2.21. The second-order valence-electron chi connectivity index (χ2n) is 3.49. The molecule has 0 amide bonds. The zero-order valence-electron chi connectivity index (χ0n) is 7.82. The summed E-state index contributed by atoms with van der Waals surface area (Å²) in [6.07, 6.45) is 3.78. The summed E-state index contributed by atoms with van der Waals surface area (Å²) in [6, 6.07) is 3.62. The van der Waals surface area contributed by atoms with Crippen molar-refractivity contribution in [2.75, 3.05) is 0 Å². The van der Waals surface area contributed by atoms with E-state index in [0.29, 0.717) is 6.42 Å². The standard InChI is InChI=1S/C10H9Cl2NO2/c11-10(12)4-8(10)9(14)15-6-7-2-1-3-13-5-7/h1-3,5,8H,4,6H2.